The molecule has 0 aliphatic carbocycles. The molecule has 1 aromatic heterocycles. The number of carbonyl (C=O) groups is 1. The molecule has 0 bridgehead atoms. The SMILES string of the molecule is CC(C)(C)c1csc(COc2ccc(Cl)c(C(=O)O)c2)n1. The Hall–Kier alpha value is -1.59. The molecular weight excluding hydrogens is 310 g/mol. The summed E-state index contributed by atoms with van der Waals surface area (Å²) in [4.78, 5) is 15.5. The number of thiazole rings is 1. The molecular formula is C15H16ClNO3S. The predicted molar refractivity (Wildman–Crippen MR) is 83.6 cm³/mol. The van der Waals surface area contributed by atoms with Crippen LogP contribution in [0, 0.1) is 0 Å². The Morgan fingerprint density at radius 3 is 2.71 bits per heavy atom. The molecule has 0 radical (unpaired) electrons. The molecule has 0 saturated heterocycles. The van der Waals surface area contributed by atoms with Gasteiger partial charge in [0.05, 0.1) is 16.3 Å². The maximum absolute atomic E-state index is 11.0. The first-order valence-corrected chi connectivity index (χ1v) is 7.63. The number of carboxylic acids is 1. The fourth-order valence-corrected chi connectivity index (χ4v) is 2.76. The number of hydrogen-bond acceptors (Lipinski definition) is 4. The van der Waals surface area contributed by atoms with Gasteiger partial charge in [0.15, 0.2) is 0 Å². The van der Waals surface area contributed by atoms with Gasteiger partial charge < -0.3 is 9.84 Å². The largest absolute Gasteiger partial charge is 0.486 e. The van der Waals surface area contributed by atoms with Crippen molar-refractivity contribution in [2.45, 2.75) is 32.8 Å². The van der Waals surface area contributed by atoms with Crippen LogP contribution in [0.4, 0.5) is 0 Å². The molecule has 21 heavy (non-hydrogen) atoms. The zero-order chi connectivity index (χ0) is 15.6. The van der Waals surface area contributed by atoms with E-state index in [1.165, 1.54) is 23.5 Å². The topological polar surface area (TPSA) is 59.4 Å². The van der Waals surface area contributed by atoms with E-state index >= 15 is 0 Å². The maximum atomic E-state index is 11.0. The number of carboxylic acid groups (broad SMARTS) is 1. The molecule has 2 aromatic rings. The quantitative estimate of drug-likeness (QED) is 0.906. The van der Waals surface area contributed by atoms with Crippen molar-refractivity contribution in [3.8, 4) is 5.75 Å². The fraction of sp³-hybridized carbons (Fsp3) is 0.333. The number of hydrogen-bond donors (Lipinski definition) is 1. The van der Waals surface area contributed by atoms with Crippen LogP contribution < -0.4 is 4.74 Å². The number of ether oxygens (including phenoxy) is 1. The van der Waals surface area contributed by atoms with Crippen molar-refractivity contribution < 1.29 is 14.6 Å². The molecule has 0 saturated carbocycles. The Balaban J connectivity index is 2.08. The van der Waals surface area contributed by atoms with Gasteiger partial charge in [-0.05, 0) is 18.2 Å². The Bertz CT molecular complexity index is 661. The van der Waals surface area contributed by atoms with Crippen molar-refractivity contribution in [1.29, 1.82) is 0 Å². The standard InChI is InChI=1S/C15H16ClNO3S/c1-15(2,3)12-8-21-13(17-12)7-20-9-4-5-11(16)10(6-9)14(18)19/h4-6,8H,7H2,1-3H3,(H,18,19). The lowest BCUT2D eigenvalue weighted by molar-refractivity contribution is 0.0696. The first-order valence-electron chi connectivity index (χ1n) is 6.38. The molecule has 0 spiro atoms. The lowest BCUT2D eigenvalue weighted by Gasteiger charge is -2.14. The summed E-state index contributed by atoms with van der Waals surface area (Å²) in [7, 11) is 0. The minimum absolute atomic E-state index is 0.00546. The Morgan fingerprint density at radius 1 is 1.43 bits per heavy atom. The summed E-state index contributed by atoms with van der Waals surface area (Å²) in [6.07, 6.45) is 0. The van der Waals surface area contributed by atoms with Crippen LogP contribution in [-0.2, 0) is 12.0 Å². The molecule has 0 atom stereocenters. The zero-order valence-corrected chi connectivity index (χ0v) is 13.6. The van der Waals surface area contributed by atoms with Crippen LogP contribution >= 0.6 is 22.9 Å². The van der Waals surface area contributed by atoms with E-state index in [4.69, 9.17) is 21.4 Å². The second-order valence-corrected chi connectivity index (χ2v) is 6.96. The van der Waals surface area contributed by atoms with E-state index in [0.29, 0.717) is 12.4 Å². The van der Waals surface area contributed by atoms with Gasteiger partial charge in [-0.2, -0.15) is 0 Å². The van der Waals surface area contributed by atoms with Crippen molar-refractivity contribution in [3.63, 3.8) is 0 Å². The highest BCUT2D eigenvalue weighted by molar-refractivity contribution is 7.09. The number of benzene rings is 1. The van der Waals surface area contributed by atoms with Crippen LogP contribution in [-0.4, -0.2) is 16.1 Å². The summed E-state index contributed by atoms with van der Waals surface area (Å²) < 4.78 is 5.59. The van der Waals surface area contributed by atoms with Gasteiger partial charge in [-0.25, -0.2) is 9.78 Å². The summed E-state index contributed by atoms with van der Waals surface area (Å²) in [6, 6.07) is 4.58. The number of nitrogens with zero attached hydrogens (tertiary/aromatic N) is 1. The predicted octanol–water partition coefficient (Wildman–Crippen LogP) is 4.37. The van der Waals surface area contributed by atoms with Crippen LogP contribution in [0.15, 0.2) is 23.6 Å². The number of aromatic nitrogens is 1. The smallest absolute Gasteiger partial charge is 0.337 e. The van der Waals surface area contributed by atoms with Gasteiger partial charge >= 0.3 is 5.97 Å². The van der Waals surface area contributed by atoms with Crippen LogP contribution in [0.5, 0.6) is 5.75 Å². The second-order valence-electron chi connectivity index (χ2n) is 5.61. The zero-order valence-electron chi connectivity index (χ0n) is 12.0. The summed E-state index contributed by atoms with van der Waals surface area (Å²) in [5, 5.41) is 12.1. The molecule has 0 amide bonds. The first kappa shape index (κ1) is 15.8. The van der Waals surface area contributed by atoms with Gasteiger partial charge in [-0.3, -0.25) is 0 Å². The molecule has 2 rings (SSSR count). The third-order valence-corrected chi connectivity index (χ3v) is 4.00. The van der Waals surface area contributed by atoms with Gasteiger partial charge in [0, 0.05) is 10.8 Å². The van der Waals surface area contributed by atoms with E-state index in [2.05, 4.69) is 25.8 Å². The fourth-order valence-electron chi connectivity index (χ4n) is 1.62. The highest BCUT2D eigenvalue weighted by Crippen LogP contribution is 2.26. The molecule has 1 heterocycles. The lowest BCUT2D eigenvalue weighted by atomic mass is 9.93. The van der Waals surface area contributed by atoms with Crippen molar-refractivity contribution in [2.24, 2.45) is 0 Å². The van der Waals surface area contributed by atoms with Crippen LogP contribution in [0.3, 0.4) is 0 Å². The molecule has 1 N–H and O–H groups in total. The van der Waals surface area contributed by atoms with Crippen LogP contribution in [0.2, 0.25) is 5.02 Å². The van der Waals surface area contributed by atoms with Gasteiger partial charge in [0.1, 0.15) is 17.4 Å². The Kier molecular flexibility index (Phi) is 4.54. The van der Waals surface area contributed by atoms with E-state index in [0.717, 1.165) is 10.7 Å². The molecule has 0 fully saturated rings. The third-order valence-electron chi connectivity index (χ3n) is 2.85. The molecule has 4 nitrogen and oxygen atoms in total. The molecule has 6 heteroatoms. The van der Waals surface area contributed by atoms with Crippen LogP contribution in [0.1, 0.15) is 41.8 Å². The van der Waals surface area contributed by atoms with Gasteiger partial charge in [0.25, 0.3) is 0 Å². The molecule has 0 unspecified atom stereocenters. The maximum Gasteiger partial charge on any atom is 0.337 e. The average molecular weight is 326 g/mol. The summed E-state index contributed by atoms with van der Waals surface area (Å²) in [6.45, 7) is 6.61. The third kappa shape index (κ3) is 3.95. The number of aromatic carboxylic acids is 1. The Morgan fingerprint density at radius 2 is 2.14 bits per heavy atom. The minimum atomic E-state index is -1.07. The second kappa shape index (κ2) is 6.03. The Labute approximate surface area is 132 Å². The van der Waals surface area contributed by atoms with E-state index in [9.17, 15) is 4.79 Å². The van der Waals surface area contributed by atoms with Gasteiger partial charge in [-0.15, -0.1) is 11.3 Å². The van der Waals surface area contributed by atoms with Crippen molar-refractivity contribution >= 4 is 28.9 Å². The van der Waals surface area contributed by atoms with Crippen molar-refractivity contribution in [2.75, 3.05) is 0 Å². The van der Waals surface area contributed by atoms with E-state index in [1.54, 1.807) is 6.07 Å². The molecule has 1 aromatic carbocycles. The molecule has 0 aliphatic heterocycles. The van der Waals surface area contributed by atoms with Crippen LogP contribution in [0.25, 0.3) is 0 Å². The van der Waals surface area contributed by atoms with Gasteiger partial charge in [-0.1, -0.05) is 32.4 Å². The molecule has 112 valence electrons. The summed E-state index contributed by atoms with van der Waals surface area (Å²) in [5.41, 5.74) is 1.06. The van der Waals surface area contributed by atoms with E-state index in [1.807, 2.05) is 5.38 Å². The van der Waals surface area contributed by atoms with Crippen molar-refractivity contribution in [1.82, 2.24) is 4.98 Å². The van der Waals surface area contributed by atoms with E-state index < -0.39 is 5.97 Å². The highest BCUT2D eigenvalue weighted by Gasteiger charge is 2.17. The average Bonchev–Trinajstić information content (AvgIpc) is 2.86. The number of rotatable bonds is 4. The first-order chi connectivity index (χ1) is 9.77. The summed E-state index contributed by atoms with van der Waals surface area (Å²) >= 11 is 7.35. The number of halogens is 1. The van der Waals surface area contributed by atoms with E-state index in [-0.39, 0.29) is 16.0 Å². The summed E-state index contributed by atoms with van der Waals surface area (Å²) in [5.74, 6) is -0.612. The molecule has 0 aliphatic rings. The minimum Gasteiger partial charge on any atom is -0.486 e. The van der Waals surface area contributed by atoms with Gasteiger partial charge in [0.2, 0.25) is 0 Å². The monoisotopic (exact) mass is 325 g/mol. The lowest BCUT2D eigenvalue weighted by Crippen LogP contribution is -2.11. The highest BCUT2D eigenvalue weighted by atomic mass is 35.5. The normalized spacial score (nSPS) is 11.4. The van der Waals surface area contributed by atoms with Crippen molar-refractivity contribution in [3.05, 3.63) is 44.9 Å².